The molecule has 0 radical (unpaired) electrons. The van der Waals surface area contributed by atoms with Crippen LogP contribution in [0.5, 0.6) is 5.75 Å². The molecule has 29 heavy (non-hydrogen) atoms. The minimum absolute atomic E-state index is 0.121. The van der Waals surface area contributed by atoms with Crippen LogP contribution in [0.3, 0.4) is 0 Å². The number of aromatic nitrogens is 2. The van der Waals surface area contributed by atoms with E-state index in [1.165, 1.54) is 6.33 Å². The van der Waals surface area contributed by atoms with Gasteiger partial charge in [-0.25, -0.2) is 9.97 Å². The fraction of sp³-hybridized carbons (Fsp3) is 0.227. The second-order valence-electron chi connectivity index (χ2n) is 7.00. The second-order valence-corrected chi connectivity index (χ2v) is 7.00. The van der Waals surface area contributed by atoms with E-state index in [4.69, 9.17) is 4.74 Å². The van der Waals surface area contributed by atoms with E-state index in [1.807, 2.05) is 81.4 Å². The number of anilines is 4. The average molecular weight is 391 g/mol. The maximum absolute atomic E-state index is 12.5. The molecule has 1 amide bonds. The lowest BCUT2D eigenvalue weighted by molar-refractivity contribution is 0.102. The van der Waals surface area contributed by atoms with E-state index < -0.39 is 0 Å². The molecule has 0 bridgehead atoms. The summed E-state index contributed by atoms with van der Waals surface area (Å²) in [7, 11) is 3.93. The highest BCUT2D eigenvalue weighted by atomic mass is 16.5. The van der Waals surface area contributed by atoms with Crippen molar-refractivity contribution in [2.24, 2.45) is 0 Å². The summed E-state index contributed by atoms with van der Waals surface area (Å²) in [6.45, 7) is 3.96. The molecule has 3 aromatic rings. The van der Waals surface area contributed by atoms with Gasteiger partial charge in [-0.05, 0) is 62.4 Å². The van der Waals surface area contributed by atoms with Gasteiger partial charge in [-0.2, -0.15) is 0 Å². The highest BCUT2D eigenvalue weighted by Crippen LogP contribution is 2.20. The standard InChI is InChI=1S/C22H25N5O2/c1-15(2)29-19-11-7-16(8-12-19)25-21-13-20(23-14-24-21)22(28)26-17-5-9-18(10-6-17)27(3)4/h5-15H,1-4H3,(H,26,28)(H,23,24,25). The van der Waals surface area contributed by atoms with Gasteiger partial charge in [0.25, 0.3) is 5.91 Å². The second kappa shape index (κ2) is 9.05. The van der Waals surface area contributed by atoms with Crippen LogP contribution in [0.25, 0.3) is 0 Å². The van der Waals surface area contributed by atoms with E-state index >= 15 is 0 Å². The van der Waals surface area contributed by atoms with E-state index in [-0.39, 0.29) is 17.7 Å². The fourth-order valence-electron chi connectivity index (χ4n) is 2.62. The molecule has 0 spiro atoms. The zero-order chi connectivity index (χ0) is 20.8. The van der Waals surface area contributed by atoms with E-state index in [9.17, 15) is 4.79 Å². The highest BCUT2D eigenvalue weighted by molar-refractivity contribution is 6.03. The lowest BCUT2D eigenvalue weighted by Gasteiger charge is -2.13. The highest BCUT2D eigenvalue weighted by Gasteiger charge is 2.10. The van der Waals surface area contributed by atoms with Crippen LogP contribution >= 0.6 is 0 Å². The lowest BCUT2D eigenvalue weighted by Crippen LogP contribution is -2.14. The lowest BCUT2D eigenvalue weighted by atomic mass is 10.2. The van der Waals surface area contributed by atoms with Crippen molar-refractivity contribution in [3.8, 4) is 5.75 Å². The number of carbonyl (C=O) groups excluding carboxylic acids is 1. The summed E-state index contributed by atoms with van der Waals surface area (Å²) >= 11 is 0. The summed E-state index contributed by atoms with van der Waals surface area (Å²) in [6.07, 6.45) is 1.48. The van der Waals surface area contributed by atoms with Crippen molar-refractivity contribution in [2.45, 2.75) is 20.0 Å². The number of hydrogen-bond donors (Lipinski definition) is 2. The Kier molecular flexibility index (Phi) is 6.29. The summed E-state index contributed by atoms with van der Waals surface area (Å²) in [4.78, 5) is 22.8. The maximum Gasteiger partial charge on any atom is 0.274 e. The number of nitrogens with zero attached hydrogens (tertiary/aromatic N) is 3. The smallest absolute Gasteiger partial charge is 0.274 e. The molecule has 1 heterocycles. The van der Waals surface area contributed by atoms with Crippen LogP contribution in [-0.4, -0.2) is 36.1 Å². The third-order valence-corrected chi connectivity index (χ3v) is 4.04. The maximum atomic E-state index is 12.5. The van der Waals surface area contributed by atoms with E-state index in [0.29, 0.717) is 11.5 Å². The Morgan fingerprint density at radius 3 is 2.24 bits per heavy atom. The molecule has 0 unspecified atom stereocenters. The Morgan fingerprint density at radius 1 is 0.966 bits per heavy atom. The van der Waals surface area contributed by atoms with Crippen molar-refractivity contribution in [2.75, 3.05) is 29.6 Å². The van der Waals surface area contributed by atoms with Gasteiger partial charge in [0.15, 0.2) is 0 Å². The SMILES string of the molecule is CC(C)Oc1ccc(Nc2cc(C(=O)Nc3ccc(N(C)C)cc3)ncn2)cc1. The van der Waals surface area contributed by atoms with E-state index in [1.54, 1.807) is 6.07 Å². The number of amides is 1. The number of hydrogen-bond acceptors (Lipinski definition) is 6. The summed E-state index contributed by atoms with van der Waals surface area (Å²) in [6, 6.07) is 16.8. The van der Waals surface area contributed by atoms with E-state index in [2.05, 4.69) is 20.6 Å². The molecule has 0 aliphatic rings. The van der Waals surface area contributed by atoms with Gasteiger partial charge in [0, 0.05) is 37.2 Å². The molecular weight excluding hydrogens is 366 g/mol. The topological polar surface area (TPSA) is 79.4 Å². The molecule has 0 atom stereocenters. The third-order valence-electron chi connectivity index (χ3n) is 4.04. The minimum atomic E-state index is -0.297. The van der Waals surface area contributed by atoms with Crippen molar-refractivity contribution in [3.05, 3.63) is 66.6 Å². The van der Waals surface area contributed by atoms with Gasteiger partial charge in [0.05, 0.1) is 6.10 Å². The summed E-state index contributed by atoms with van der Waals surface area (Å²) in [5.74, 6) is 1.04. The van der Waals surface area contributed by atoms with Gasteiger partial charge in [-0.15, -0.1) is 0 Å². The molecule has 7 heteroatoms. The molecule has 2 N–H and O–H groups in total. The number of nitrogens with one attached hydrogen (secondary N) is 2. The molecule has 3 rings (SSSR count). The summed E-state index contributed by atoms with van der Waals surface area (Å²) < 4.78 is 5.64. The minimum Gasteiger partial charge on any atom is -0.491 e. The molecule has 1 aromatic heterocycles. The summed E-state index contributed by atoms with van der Waals surface area (Å²) in [5, 5.41) is 6.02. The Bertz CT molecular complexity index is 954. The van der Waals surface area contributed by atoms with Gasteiger partial charge >= 0.3 is 0 Å². The van der Waals surface area contributed by atoms with Gasteiger partial charge in [-0.3, -0.25) is 4.79 Å². The molecule has 7 nitrogen and oxygen atoms in total. The van der Waals surface area contributed by atoms with Crippen molar-refractivity contribution in [1.29, 1.82) is 0 Å². The number of benzene rings is 2. The first-order valence-corrected chi connectivity index (χ1v) is 9.35. The first-order valence-electron chi connectivity index (χ1n) is 9.35. The third kappa shape index (κ3) is 5.68. The Labute approximate surface area is 170 Å². The molecule has 0 fully saturated rings. The Morgan fingerprint density at radius 2 is 1.62 bits per heavy atom. The zero-order valence-electron chi connectivity index (χ0n) is 17.0. The van der Waals surface area contributed by atoms with E-state index in [0.717, 1.165) is 17.1 Å². The largest absolute Gasteiger partial charge is 0.491 e. The average Bonchev–Trinajstić information content (AvgIpc) is 2.70. The molecule has 0 saturated carbocycles. The fourth-order valence-corrected chi connectivity index (χ4v) is 2.62. The predicted molar refractivity (Wildman–Crippen MR) is 116 cm³/mol. The van der Waals surface area contributed by atoms with Crippen LogP contribution in [0.15, 0.2) is 60.9 Å². The zero-order valence-corrected chi connectivity index (χ0v) is 17.0. The van der Waals surface area contributed by atoms with Gasteiger partial charge < -0.3 is 20.3 Å². The molecule has 0 aliphatic carbocycles. The van der Waals surface area contributed by atoms with Crippen molar-refractivity contribution >= 4 is 28.8 Å². The van der Waals surface area contributed by atoms with Gasteiger partial charge in [0.2, 0.25) is 0 Å². The number of ether oxygens (including phenoxy) is 1. The van der Waals surface area contributed by atoms with Crippen molar-refractivity contribution in [3.63, 3.8) is 0 Å². The van der Waals surface area contributed by atoms with Crippen molar-refractivity contribution in [1.82, 2.24) is 9.97 Å². The molecule has 0 aliphatic heterocycles. The van der Waals surface area contributed by atoms with Gasteiger partial charge in [-0.1, -0.05) is 0 Å². The van der Waals surface area contributed by atoms with Crippen LogP contribution in [-0.2, 0) is 0 Å². The Hall–Kier alpha value is -3.61. The first-order chi connectivity index (χ1) is 13.9. The molecule has 2 aromatic carbocycles. The van der Waals surface area contributed by atoms with Crippen molar-refractivity contribution < 1.29 is 9.53 Å². The van der Waals surface area contributed by atoms with Crippen LogP contribution < -0.4 is 20.3 Å². The van der Waals surface area contributed by atoms with Crippen LogP contribution in [0, 0.1) is 0 Å². The van der Waals surface area contributed by atoms with Crippen LogP contribution in [0.2, 0.25) is 0 Å². The predicted octanol–water partition coefficient (Wildman–Crippen LogP) is 4.33. The first kappa shape index (κ1) is 20.1. The molecule has 150 valence electrons. The monoisotopic (exact) mass is 391 g/mol. The Balaban J connectivity index is 1.66. The molecular formula is C22H25N5O2. The quantitative estimate of drug-likeness (QED) is 0.624. The normalized spacial score (nSPS) is 10.5. The number of rotatable bonds is 7. The summed E-state index contributed by atoms with van der Waals surface area (Å²) in [5.41, 5.74) is 2.88. The van der Waals surface area contributed by atoms with Crippen LogP contribution in [0.4, 0.5) is 22.9 Å². The van der Waals surface area contributed by atoms with Gasteiger partial charge in [0.1, 0.15) is 23.6 Å². The number of carbonyl (C=O) groups is 1. The van der Waals surface area contributed by atoms with Crippen LogP contribution in [0.1, 0.15) is 24.3 Å². The molecule has 0 saturated heterocycles.